The topological polar surface area (TPSA) is 118 Å². The second-order valence-corrected chi connectivity index (χ2v) is 5.62. The highest BCUT2D eigenvalue weighted by atomic mass is 16.5. The van der Waals surface area contributed by atoms with Crippen LogP contribution in [0, 0.1) is 6.92 Å². The molecule has 8 heteroatoms. The number of nitrogens with one attached hydrogen (secondary N) is 2. The second-order valence-electron chi connectivity index (χ2n) is 5.62. The molecule has 0 spiro atoms. The van der Waals surface area contributed by atoms with Crippen molar-refractivity contribution in [1.29, 1.82) is 0 Å². The molecule has 0 fully saturated rings. The van der Waals surface area contributed by atoms with E-state index in [2.05, 4.69) is 10.3 Å². The van der Waals surface area contributed by atoms with Gasteiger partial charge in [-0.1, -0.05) is 6.07 Å². The van der Waals surface area contributed by atoms with Crippen LogP contribution in [0.2, 0.25) is 0 Å². The van der Waals surface area contributed by atoms with Crippen molar-refractivity contribution in [1.82, 2.24) is 10.3 Å². The fraction of sp³-hybridized carbons (Fsp3) is 0.278. The van der Waals surface area contributed by atoms with Gasteiger partial charge in [-0.3, -0.25) is 14.4 Å². The van der Waals surface area contributed by atoms with Gasteiger partial charge in [0, 0.05) is 5.69 Å². The van der Waals surface area contributed by atoms with Crippen LogP contribution in [0.1, 0.15) is 34.1 Å². The molecule has 3 N–H and O–H groups in total. The number of rotatable bonds is 7. The molecule has 0 aliphatic carbocycles. The second kappa shape index (κ2) is 8.19. The molecule has 1 amide bonds. The molecule has 1 aromatic heterocycles. The first-order valence-corrected chi connectivity index (χ1v) is 7.80. The molecular formula is C18H20N2O6. The van der Waals surface area contributed by atoms with Gasteiger partial charge in [0.1, 0.15) is 5.56 Å². The molecule has 26 heavy (non-hydrogen) atoms. The Morgan fingerprint density at radius 3 is 2.42 bits per heavy atom. The number of aryl methyl sites for hydroxylation is 1. The molecule has 8 nitrogen and oxygen atoms in total. The summed E-state index contributed by atoms with van der Waals surface area (Å²) in [5.74, 6) is -0.871. The molecule has 1 heterocycles. The van der Waals surface area contributed by atoms with Crippen molar-refractivity contribution in [3.8, 4) is 11.5 Å². The van der Waals surface area contributed by atoms with E-state index in [-0.39, 0.29) is 12.0 Å². The first-order chi connectivity index (χ1) is 12.3. The van der Waals surface area contributed by atoms with Gasteiger partial charge in [0.25, 0.3) is 11.5 Å². The summed E-state index contributed by atoms with van der Waals surface area (Å²) in [5.41, 5.74) is 0.505. The molecule has 0 aliphatic heterocycles. The van der Waals surface area contributed by atoms with Crippen LogP contribution in [-0.2, 0) is 4.79 Å². The summed E-state index contributed by atoms with van der Waals surface area (Å²) in [6.45, 7) is 1.69. The number of aromatic amines is 1. The van der Waals surface area contributed by atoms with E-state index in [9.17, 15) is 19.5 Å². The van der Waals surface area contributed by atoms with Crippen molar-refractivity contribution in [2.45, 2.75) is 19.4 Å². The number of ether oxygens (including phenoxy) is 2. The van der Waals surface area contributed by atoms with E-state index in [1.165, 1.54) is 20.3 Å². The Morgan fingerprint density at radius 2 is 1.85 bits per heavy atom. The SMILES string of the molecule is COc1ccc(C(CC(=O)O)NC(=O)c2ccc(C)[nH]c2=O)cc1OC. The molecule has 0 bridgehead atoms. The van der Waals surface area contributed by atoms with Crippen LogP contribution in [-0.4, -0.2) is 36.2 Å². The molecule has 0 saturated carbocycles. The Kier molecular flexibility index (Phi) is 6.00. The number of benzene rings is 1. The predicted octanol–water partition coefficient (Wildman–Crippen LogP) is 1.65. The zero-order valence-corrected chi connectivity index (χ0v) is 14.7. The average Bonchev–Trinajstić information content (AvgIpc) is 2.59. The fourth-order valence-electron chi connectivity index (χ4n) is 2.48. The summed E-state index contributed by atoms with van der Waals surface area (Å²) in [6, 6.07) is 6.99. The minimum atomic E-state index is -1.09. The lowest BCUT2D eigenvalue weighted by Gasteiger charge is -2.19. The Bertz CT molecular complexity index is 874. The Balaban J connectivity index is 2.34. The summed E-state index contributed by atoms with van der Waals surface area (Å²) in [4.78, 5) is 38.1. The van der Waals surface area contributed by atoms with Crippen molar-refractivity contribution in [3.05, 3.63) is 57.5 Å². The van der Waals surface area contributed by atoms with Gasteiger partial charge in [0.2, 0.25) is 0 Å². The molecule has 1 aromatic carbocycles. The number of carboxylic acids is 1. The summed E-state index contributed by atoms with van der Waals surface area (Å²) < 4.78 is 10.4. The number of hydrogen-bond acceptors (Lipinski definition) is 5. The molecular weight excluding hydrogens is 340 g/mol. The van der Waals surface area contributed by atoms with Gasteiger partial charge in [-0.15, -0.1) is 0 Å². The number of aliphatic carboxylic acids is 1. The number of methoxy groups -OCH3 is 2. The monoisotopic (exact) mass is 360 g/mol. The van der Waals surface area contributed by atoms with E-state index in [0.29, 0.717) is 22.8 Å². The Labute approximate surface area is 149 Å². The lowest BCUT2D eigenvalue weighted by atomic mass is 10.0. The van der Waals surface area contributed by atoms with Gasteiger partial charge >= 0.3 is 5.97 Å². The number of H-pyrrole nitrogens is 1. The highest BCUT2D eigenvalue weighted by molar-refractivity contribution is 5.94. The number of carboxylic acid groups (broad SMARTS) is 1. The van der Waals surface area contributed by atoms with E-state index in [0.717, 1.165) is 0 Å². The maximum absolute atomic E-state index is 12.4. The maximum atomic E-state index is 12.4. The molecule has 0 saturated heterocycles. The van der Waals surface area contributed by atoms with E-state index < -0.39 is 23.5 Å². The van der Waals surface area contributed by atoms with Crippen LogP contribution in [0.4, 0.5) is 0 Å². The smallest absolute Gasteiger partial charge is 0.305 e. The largest absolute Gasteiger partial charge is 0.493 e. The van der Waals surface area contributed by atoms with E-state index in [1.54, 1.807) is 31.2 Å². The quantitative estimate of drug-likeness (QED) is 0.691. The summed E-state index contributed by atoms with van der Waals surface area (Å²) >= 11 is 0. The normalized spacial score (nSPS) is 11.5. The zero-order chi connectivity index (χ0) is 19.3. The molecule has 2 rings (SSSR count). The standard InChI is InChI=1S/C18H20N2O6/c1-10-4-6-12(17(23)19-10)18(24)20-13(9-16(21)22)11-5-7-14(25-2)15(8-11)26-3/h4-8,13H,9H2,1-3H3,(H,19,23)(H,20,24)(H,21,22). The van der Waals surface area contributed by atoms with Crippen molar-refractivity contribution in [2.24, 2.45) is 0 Å². The predicted molar refractivity (Wildman–Crippen MR) is 93.8 cm³/mol. The first-order valence-electron chi connectivity index (χ1n) is 7.80. The molecule has 0 aliphatic rings. The fourth-order valence-corrected chi connectivity index (χ4v) is 2.48. The summed E-state index contributed by atoms with van der Waals surface area (Å²) in [6.07, 6.45) is -0.356. The molecule has 1 atom stereocenters. The lowest BCUT2D eigenvalue weighted by Crippen LogP contribution is -2.34. The van der Waals surface area contributed by atoms with Crippen LogP contribution in [0.15, 0.2) is 35.1 Å². The average molecular weight is 360 g/mol. The molecule has 0 radical (unpaired) electrons. The highest BCUT2D eigenvalue weighted by Gasteiger charge is 2.22. The summed E-state index contributed by atoms with van der Waals surface area (Å²) in [7, 11) is 2.94. The third kappa shape index (κ3) is 4.41. The Morgan fingerprint density at radius 1 is 1.15 bits per heavy atom. The van der Waals surface area contributed by atoms with Crippen LogP contribution < -0.4 is 20.3 Å². The van der Waals surface area contributed by atoms with Crippen LogP contribution in [0.3, 0.4) is 0 Å². The van der Waals surface area contributed by atoms with Crippen LogP contribution in [0.25, 0.3) is 0 Å². The maximum Gasteiger partial charge on any atom is 0.305 e. The third-order valence-electron chi connectivity index (χ3n) is 3.79. The first kappa shape index (κ1) is 19.0. The van der Waals surface area contributed by atoms with Crippen LogP contribution >= 0.6 is 0 Å². The van der Waals surface area contributed by atoms with Crippen molar-refractivity contribution < 1.29 is 24.2 Å². The lowest BCUT2D eigenvalue weighted by molar-refractivity contribution is -0.137. The number of pyridine rings is 1. The van der Waals surface area contributed by atoms with E-state index in [1.807, 2.05) is 0 Å². The number of amides is 1. The van der Waals surface area contributed by atoms with Gasteiger partial charge in [0.05, 0.1) is 26.7 Å². The van der Waals surface area contributed by atoms with Gasteiger partial charge in [-0.25, -0.2) is 0 Å². The number of carbonyl (C=O) groups excluding carboxylic acids is 1. The zero-order valence-electron chi connectivity index (χ0n) is 14.7. The van der Waals surface area contributed by atoms with Gasteiger partial charge < -0.3 is 24.9 Å². The third-order valence-corrected chi connectivity index (χ3v) is 3.79. The van der Waals surface area contributed by atoms with Gasteiger partial charge in [-0.05, 0) is 36.8 Å². The van der Waals surface area contributed by atoms with E-state index >= 15 is 0 Å². The van der Waals surface area contributed by atoms with Gasteiger partial charge in [-0.2, -0.15) is 0 Å². The van der Waals surface area contributed by atoms with Gasteiger partial charge in [0.15, 0.2) is 11.5 Å². The minimum absolute atomic E-state index is 0.0912. The minimum Gasteiger partial charge on any atom is -0.493 e. The molecule has 138 valence electrons. The number of carbonyl (C=O) groups is 2. The van der Waals surface area contributed by atoms with Crippen molar-refractivity contribution in [2.75, 3.05) is 14.2 Å². The van der Waals surface area contributed by atoms with Crippen molar-refractivity contribution in [3.63, 3.8) is 0 Å². The Hall–Kier alpha value is -3.29. The molecule has 2 aromatic rings. The van der Waals surface area contributed by atoms with E-state index in [4.69, 9.17) is 9.47 Å². The van der Waals surface area contributed by atoms with Crippen LogP contribution in [0.5, 0.6) is 11.5 Å². The molecule has 1 unspecified atom stereocenters. The number of hydrogen-bond donors (Lipinski definition) is 3. The highest BCUT2D eigenvalue weighted by Crippen LogP contribution is 2.31. The number of aromatic nitrogens is 1. The summed E-state index contributed by atoms with van der Waals surface area (Å²) in [5, 5.41) is 11.8. The van der Waals surface area contributed by atoms with Crippen molar-refractivity contribution >= 4 is 11.9 Å².